The number of ether oxygens (including phenoxy) is 1. The van der Waals surface area contributed by atoms with Crippen molar-refractivity contribution in [2.24, 2.45) is 0 Å². The molecule has 0 aliphatic rings. The van der Waals surface area contributed by atoms with Gasteiger partial charge in [0.2, 0.25) is 5.91 Å². The van der Waals surface area contributed by atoms with Gasteiger partial charge in [-0.25, -0.2) is 4.39 Å². The van der Waals surface area contributed by atoms with Gasteiger partial charge in [-0.2, -0.15) is 0 Å². The van der Waals surface area contributed by atoms with Crippen molar-refractivity contribution in [2.45, 2.75) is 32.6 Å². The number of halogens is 1. The molecule has 1 amide bonds. The van der Waals surface area contributed by atoms with Gasteiger partial charge in [-0.05, 0) is 31.0 Å². The van der Waals surface area contributed by atoms with Gasteiger partial charge in [0.05, 0.1) is 18.2 Å². The van der Waals surface area contributed by atoms with Crippen molar-refractivity contribution in [3.63, 3.8) is 0 Å². The monoisotopic (exact) mass is 315 g/mol. The summed E-state index contributed by atoms with van der Waals surface area (Å²) in [6.07, 6.45) is 1.65. The maximum Gasteiger partial charge on any atom is 0.232 e. The molecule has 0 radical (unpaired) electrons. The fourth-order valence-corrected chi connectivity index (χ4v) is 2.52. The maximum absolute atomic E-state index is 13.4. The highest BCUT2D eigenvalue weighted by Crippen LogP contribution is 2.28. The van der Waals surface area contributed by atoms with Crippen LogP contribution in [0.15, 0.2) is 48.5 Å². The first kappa shape index (κ1) is 17.0. The number of hydrogen-bond donors (Lipinski definition) is 1. The fourth-order valence-electron chi connectivity index (χ4n) is 2.52. The highest BCUT2D eigenvalue weighted by molar-refractivity contribution is 5.97. The van der Waals surface area contributed by atoms with Crippen LogP contribution in [0.2, 0.25) is 0 Å². The standard InChI is InChI=1S/C19H22FNO2/c1-3-8-16(14-9-6-5-7-10-14)19(22)21-17-12-11-15(20)13-18(17)23-4-2/h5-7,9-13,16H,3-4,8H2,1-2H3,(H,21,22). The Morgan fingerprint density at radius 2 is 1.91 bits per heavy atom. The molecule has 2 rings (SSSR count). The largest absolute Gasteiger partial charge is 0.492 e. The van der Waals surface area contributed by atoms with E-state index >= 15 is 0 Å². The summed E-state index contributed by atoms with van der Waals surface area (Å²) in [5.41, 5.74) is 1.47. The number of rotatable bonds is 7. The Balaban J connectivity index is 2.22. The average molecular weight is 315 g/mol. The van der Waals surface area contributed by atoms with Gasteiger partial charge in [-0.3, -0.25) is 4.79 Å². The van der Waals surface area contributed by atoms with Crippen molar-refractivity contribution in [3.8, 4) is 5.75 Å². The topological polar surface area (TPSA) is 38.3 Å². The molecule has 0 spiro atoms. The molecule has 2 aromatic rings. The van der Waals surface area contributed by atoms with Crippen LogP contribution in [0.5, 0.6) is 5.75 Å². The minimum absolute atomic E-state index is 0.106. The van der Waals surface area contributed by atoms with Gasteiger partial charge in [-0.15, -0.1) is 0 Å². The molecule has 0 heterocycles. The van der Waals surface area contributed by atoms with E-state index in [1.165, 1.54) is 18.2 Å². The minimum atomic E-state index is -0.389. The van der Waals surface area contributed by atoms with Crippen molar-refractivity contribution in [2.75, 3.05) is 11.9 Å². The van der Waals surface area contributed by atoms with Gasteiger partial charge in [-0.1, -0.05) is 43.7 Å². The molecule has 122 valence electrons. The summed E-state index contributed by atoms with van der Waals surface area (Å²) in [5.74, 6) is -0.380. The van der Waals surface area contributed by atoms with Gasteiger partial charge in [0.25, 0.3) is 0 Å². The lowest BCUT2D eigenvalue weighted by molar-refractivity contribution is -0.117. The molecule has 2 aromatic carbocycles. The van der Waals surface area contributed by atoms with Crippen LogP contribution in [-0.2, 0) is 4.79 Å². The van der Waals surface area contributed by atoms with Crippen LogP contribution in [0, 0.1) is 5.82 Å². The molecule has 1 atom stereocenters. The number of nitrogens with one attached hydrogen (secondary N) is 1. The Bertz CT molecular complexity index is 643. The third kappa shape index (κ3) is 4.55. The lowest BCUT2D eigenvalue weighted by atomic mass is 9.93. The molecule has 1 unspecified atom stereocenters. The van der Waals surface area contributed by atoms with Gasteiger partial charge >= 0.3 is 0 Å². The van der Waals surface area contributed by atoms with E-state index in [-0.39, 0.29) is 17.6 Å². The SMILES string of the molecule is CCCC(C(=O)Nc1ccc(F)cc1OCC)c1ccccc1. The second-order valence-electron chi connectivity index (χ2n) is 5.31. The molecule has 23 heavy (non-hydrogen) atoms. The molecule has 0 bridgehead atoms. The third-order valence-electron chi connectivity index (χ3n) is 3.60. The first-order valence-corrected chi connectivity index (χ1v) is 7.93. The number of anilines is 1. The molecule has 0 saturated heterocycles. The highest BCUT2D eigenvalue weighted by atomic mass is 19.1. The Morgan fingerprint density at radius 3 is 2.57 bits per heavy atom. The molecule has 0 aliphatic heterocycles. The summed E-state index contributed by atoms with van der Waals surface area (Å²) in [5, 5.41) is 2.88. The van der Waals surface area contributed by atoms with E-state index in [1.54, 1.807) is 0 Å². The van der Waals surface area contributed by atoms with E-state index < -0.39 is 0 Å². The van der Waals surface area contributed by atoms with Crippen LogP contribution in [0.4, 0.5) is 10.1 Å². The lowest BCUT2D eigenvalue weighted by Crippen LogP contribution is -2.21. The normalized spacial score (nSPS) is 11.8. The molecule has 1 N–H and O–H groups in total. The minimum Gasteiger partial charge on any atom is -0.492 e. The van der Waals surface area contributed by atoms with E-state index in [4.69, 9.17) is 4.74 Å². The summed E-state index contributed by atoms with van der Waals surface area (Å²) >= 11 is 0. The third-order valence-corrected chi connectivity index (χ3v) is 3.60. The smallest absolute Gasteiger partial charge is 0.232 e. The number of benzene rings is 2. The van der Waals surface area contributed by atoms with Gasteiger partial charge in [0, 0.05) is 6.07 Å². The van der Waals surface area contributed by atoms with E-state index in [0.717, 1.165) is 18.4 Å². The van der Waals surface area contributed by atoms with Crippen molar-refractivity contribution in [1.29, 1.82) is 0 Å². The lowest BCUT2D eigenvalue weighted by Gasteiger charge is -2.18. The highest BCUT2D eigenvalue weighted by Gasteiger charge is 2.21. The first-order chi connectivity index (χ1) is 11.2. The predicted molar refractivity (Wildman–Crippen MR) is 90.3 cm³/mol. The van der Waals surface area contributed by atoms with Gasteiger partial charge in [0.15, 0.2) is 0 Å². The molecule has 0 aliphatic carbocycles. The maximum atomic E-state index is 13.4. The first-order valence-electron chi connectivity index (χ1n) is 7.93. The van der Waals surface area contributed by atoms with Crippen LogP contribution in [-0.4, -0.2) is 12.5 Å². The number of carbonyl (C=O) groups excluding carboxylic acids is 1. The summed E-state index contributed by atoms with van der Waals surface area (Å²) in [6.45, 7) is 4.27. The van der Waals surface area contributed by atoms with Crippen molar-refractivity contribution in [3.05, 3.63) is 59.9 Å². The zero-order valence-electron chi connectivity index (χ0n) is 13.5. The molecule has 4 heteroatoms. The Hall–Kier alpha value is -2.36. The van der Waals surface area contributed by atoms with Crippen molar-refractivity contribution in [1.82, 2.24) is 0 Å². The van der Waals surface area contributed by atoms with E-state index in [9.17, 15) is 9.18 Å². The zero-order chi connectivity index (χ0) is 16.7. The fraction of sp³-hybridized carbons (Fsp3) is 0.316. The Morgan fingerprint density at radius 1 is 1.17 bits per heavy atom. The average Bonchev–Trinajstić information content (AvgIpc) is 2.56. The van der Waals surface area contributed by atoms with Gasteiger partial charge < -0.3 is 10.1 Å². The van der Waals surface area contributed by atoms with Crippen molar-refractivity contribution >= 4 is 11.6 Å². The number of hydrogen-bond acceptors (Lipinski definition) is 2. The summed E-state index contributed by atoms with van der Waals surface area (Å²) in [6, 6.07) is 13.8. The molecule has 0 aromatic heterocycles. The number of carbonyl (C=O) groups is 1. The van der Waals surface area contributed by atoms with Crippen LogP contribution in [0.25, 0.3) is 0 Å². The Kier molecular flexibility index (Phi) is 6.15. The second-order valence-corrected chi connectivity index (χ2v) is 5.31. The van der Waals surface area contributed by atoms with Crippen molar-refractivity contribution < 1.29 is 13.9 Å². The predicted octanol–water partition coefficient (Wildman–Crippen LogP) is 4.75. The van der Waals surface area contributed by atoms with Gasteiger partial charge in [0.1, 0.15) is 11.6 Å². The van der Waals surface area contributed by atoms with E-state index in [0.29, 0.717) is 18.0 Å². The zero-order valence-corrected chi connectivity index (χ0v) is 13.5. The molecule has 0 saturated carbocycles. The van der Waals surface area contributed by atoms with E-state index in [1.807, 2.05) is 44.2 Å². The number of amides is 1. The summed E-state index contributed by atoms with van der Waals surface area (Å²) in [7, 11) is 0. The summed E-state index contributed by atoms with van der Waals surface area (Å²) in [4.78, 5) is 12.7. The Labute approximate surface area is 136 Å². The summed E-state index contributed by atoms with van der Waals surface area (Å²) < 4.78 is 18.8. The molecular weight excluding hydrogens is 293 g/mol. The van der Waals surface area contributed by atoms with E-state index in [2.05, 4.69) is 5.32 Å². The van der Waals surface area contributed by atoms with Crippen LogP contribution < -0.4 is 10.1 Å². The molecular formula is C19H22FNO2. The quantitative estimate of drug-likeness (QED) is 0.801. The second kappa shape index (κ2) is 8.32. The molecule has 0 fully saturated rings. The van der Waals surface area contributed by atoms with Crippen LogP contribution in [0.1, 0.15) is 38.2 Å². The van der Waals surface area contributed by atoms with Crippen LogP contribution in [0.3, 0.4) is 0 Å². The van der Waals surface area contributed by atoms with Crippen LogP contribution >= 0.6 is 0 Å². The molecule has 3 nitrogen and oxygen atoms in total.